The van der Waals surface area contributed by atoms with Gasteiger partial charge >= 0.3 is 0 Å². The van der Waals surface area contributed by atoms with Gasteiger partial charge in [0.2, 0.25) is 0 Å². The van der Waals surface area contributed by atoms with Gasteiger partial charge in [-0.25, -0.2) is 0 Å². The minimum atomic E-state index is 0.458. The first-order valence-corrected chi connectivity index (χ1v) is 12.5. The van der Waals surface area contributed by atoms with Gasteiger partial charge in [0.25, 0.3) is 0 Å². The standard InChI is InChI=1S/C25H50N2/c1-5-9-20(7-3)22-16-18(11-13-24(22)26)15-19-12-14-25(27)23(17-19)21(8-4)10-6-2/h18-25H,5-17,26-27H2,1-4H3. The van der Waals surface area contributed by atoms with Crippen molar-refractivity contribution in [1.82, 2.24) is 0 Å². The molecular formula is C25H50N2. The maximum absolute atomic E-state index is 6.60. The molecule has 2 aliphatic rings. The van der Waals surface area contributed by atoms with E-state index in [4.69, 9.17) is 11.5 Å². The fourth-order valence-electron chi connectivity index (χ4n) is 6.81. The first kappa shape index (κ1) is 23.2. The second kappa shape index (κ2) is 11.8. The first-order chi connectivity index (χ1) is 13.0. The van der Waals surface area contributed by atoms with Crippen molar-refractivity contribution >= 4 is 0 Å². The molecule has 8 atom stereocenters. The van der Waals surface area contributed by atoms with Crippen LogP contribution in [-0.2, 0) is 0 Å². The molecule has 0 radical (unpaired) electrons. The summed E-state index contributed by atoms with van der Waals surface area (Å²) in [6.45, 7) is 9.42. The van der Waals surface area contributed by atoms with Crippen molar-refractivity contribution in [2.45, 2.75) is 123 Å². The zero-order chi connectivity index (χ0) is 19.8. The van der Waals surface area contributed by atoms with E-state index in [9.17, 15) is 0 Å². The summed E-state index contributed by atoms with van der Waals surface area (Å²) in [6, 6.07) is 0.915. The highest BCUT2D eigenvalue weighted by atomic mass is 14.7. The summed E-state index contributed by atoms with van der Waals surface area (Å²) in [6.07, 6.45) is 17.5. The van der Waals surface area contributed by atoms with E-state index in [1.807, 2.05) is 0 Å². The third-order valence-electron chi connectivity index (χ3n) is 8.37. The van der Waals surface area contributed by atoms with Gasteiger partial charge in [-0.1, -0.05) is 66.2 Å². The second-order valence-corrected chi connectivity index (χ2v) is 10.2. The van der Waals surface area contributed by atoms with Gasteiger partial charge in [0.15, 0.2) is 0 Å². The Morgan fingerprint density at radius 2 is 1.07 bits per heavy atom. The van der Waals surface area contributed by atoms with Crippen LogP contribution < -0.4 is 11.5 Å². The molecule has 2 saturated carbocycles. The van der Waals surface area contributed by atoms with Crippen molar-refractivity contribution in [3.63, 3.8) is 0 Å². The van der Waals surface area contributed by atoms with Gasteiger partial charge in [-0.05, 0) is 80.5 Å². The molecule has 0 saturated heterocycles. The molecule has 0 aromatic heterocycles. The predicted molar refractivity (Wildman–Crippen MR) is 120 cm³/mol. The molecule has 27 heavy (non-hydrogen) atoms. The Bertz CT molecular complexity index is 360. The highest BCUT2D eigenvalue weighted by molar-refractivity contribution is 4.90. The fourth-order valence-corrected chi connectivity index (χ4v) is 6.81. The third kappa shape index (κ3) is 6.46. The zero-order valence-corrected chi connectivity index (χ0v) is 19.0. The van der Waals surface area contributed by atoms with Crippen LogP contribution >= 0.6 is 0 Å². The molecule has 0 amide bonds. The molecule has 8 unspecified atom stereocenters. The fraction of sp³-hybridized carbons (Fsp3) is 1.00. The lowest BCUT2D eigenvalue weighted by Gasteiger charge is -2.43. The lowest BCUT2D eigenvalue weighted by molar-refractivity contribution is 0.105. The van der Waals surface area contributed by atoms with Crippen LogP contribution in [0.25, 0.3) is 0 Å². The second-order valence-electron chi connectivity index (χ2n) is 10.2. The summed E-state index contributed by atoms with van der Waals surface area (Å²) in [5.41, 5.74) is 13.2. The molecule has 0 aromatic carbocycles. The van der Waals surface area contributed by atoms with Gasteiger partial charge in [-0.15, -0.1) is 0 Å². The Morgan fingerprint density at radius 3 is 1.41 bits per heavy atom. The van der Waals surface area contributed by atoms with Crippen LogP contribution in [-0.4, -0.2) is 12.1 Å². The quantitative estimate of drug-likeness (QED) is 0.455. The Morgan fingerprint density at radius 1 is 0.667 bits per heavy atom. The average Bonchev–Trinajstić information content (AvgIpc) is 2.67. The van der Waals surface area contributed by atoms with Crippen LogP contribution in [0.2, 0.25) is 0 Å². The Hall–Kier alpha value is -0.0800. The molecule has 2 rings (SSSR count). The van der Waals surface area contributed by atoms with E-state index >= 15 is 0 Å². The zero-order valence-electron chi connectivity index (χ0n) is 19.0. The smallest absolute Gasteiger partial charge is 0.00700 e. The molecule has 4 N–H and O–H groups in total. The lowest BCUT2D eigenvalue weighted by atomic mass is 9.65. The highest BCUT2D eigenvalue weighted by Gasteiger charge is 2.37. The van der Waals surface area contributed by atoms with E-state index in [0.29, 0.717) is 12.1 Å². The Kier molecular flexibility index (Phi) is 10.1. The van der Waals surface area contributed by atoms with E-state index in [1.165, 1.54) is 83.5 Å². The van der Waals surface area contributed by atoms with Gasteiger partial charge in [0.05, 0.1) is 0 Å². The van der Waals surface area contributed by atoms with Crippen LogP contribution in [0.15, 0.2) is 0 Å². The molecular weight excluding hydrogens is 328 g/mol. The molecule has 0 heterocycles. The molecule has 2 heteroatoms. The Balaban J connectivity index is 1.93. The number of nitrogens with two attached hydrogens (primary N) is 2. The topological polar surface area (TPSA) is 52.0 Å². The van der Waals surface area contributed by atoms with E-state index in [1.54, 1.807) is 0 Å². The molecule has 2 nitrogen and oxygen atoms in total. The van der Waals surface area contributed by atoms with Crippen molar-refractivity contribution in [3.8, 4) is 0 Å². The largest absolute Gasteiger partial charge is 0.327 e. The monoisotopic (exact) mass is 378 g/mol. The van der Waals surface area contributed by atoms with Crippen molar-refractivity contribution in [1.29, 1.82) is 0 Å². The maximum atomic E-state index is 6.60. The number of rotatable bonds is 10. The van der Waals surface area contributed by atoms with E-state index in [2.05, 4.69) is 27.7 Å². The maximum Gasteiger partial charge on any atom is 0.00700 e. The van der Waals surface area contributed by atoms with E-state index < -0.39 is 0 Å². The van der Waals surface area contributed by atoms with Crippen molar-refractivity contribution in [2.24, 2.45) is 47.0 Å². The minimum absolute atomic E-state index is 0.458. The summed E-state index contributed by atoms with van der Waals surface area (Å²) in [5, 5.41) is 0. The summed E-state index contributed by atoms with van der Waals surface area (Å²) in [4.78, 5) is 0. The number of hydrogen-bond acceptors (Lipinski definition) is 2. The average molecular weight is 379 g/mol. The first-order valence-electron chi connectivity index (χ1n) is 12.5. The van der Waals surface area contributed by atoms with E-state index in [0.717, 1.165) is 35.5 Å². The molecule has 0 bridgehead atoms. The summed E-state index contributed by atoms with van der Waals surface area (Å²) >= 11 is 0. The summed E-state index contributed by atoms with van der Waals surface area (Å²) < 4.78 is 0. The summed E-state index contributed by atoms with van der Waals surface area (Å²) in [5.74, 6) is 5.11. The summed E-state index contributed by atoms with van der Waals surface area (Å²) in [7, 11) is 0. The van der Waals surface area contributed by atoms with Crippen LogP contribution in [0.1, 0.15) is 111 Å². The predicted octanol–water partition coefficient (Wildman–Crippen LogP) is 6.52. The molecule has 0 aliphatic heterocycles. The SMILES string of the molecule is CCCC(CC)C1CC(CC2CCC(N)C(C(CC)CCC)C2)CCC1N. The highest BCUT2D eigenvalue weighted by Crippen LogP contribution is 2.43. The number of hydrogen-bond donors (Lipinski definition) is 2. The molecule has 160 valence electrons. The molecule has 0 aromatic rings. The van der Waals surface area contributed by atoms with Crippen molar-refractivity contribution in [3.05, 3.63) is 0 Å². The van der Waals surface area contributed by atoms with Crippen LogP contribution in [0.3, 0.4) is 0 Å². The van der Waals surface area contributed by atoms with Gasteiger partial charge in [-0.3, -0.25) is 0 Å². The molecule has 2 aliphatic carbocycles. The van der Waals surface area contributed by atoms with Gasteiger partial charge < -0.3 is 11.5 Å². The lowest BCUT2D eigenvalue weighted by Crippen LogP contribution is -2.42. The Labute approximate surface area is 170 Å². The van der Waals surface area contributed by atoms with Crippen LogP contribution in [0, 0.1) is 35.5 Å². The normalized spacial score (nSPS) is 37.1. The van der Waals surface area contributed by atoms with Crippen molar-refractivity contribution in [2.75, 3.05) is 0 Å². The van der Waals surface area contributed by atoms with Crippen LogP contribution in [0.4, 0.5) is 0 Å². The van der Waals surface area contributed by atoms with Crippen LogP contribution in [0.5, 0.6) is 0 Å². The molecule has 0 spiro atoms. The minimum Gasteiger partial charge on any atom is -0.327 e. The van der Waals surface area contributed by atoms with Crippen molar-refractivity contribution < 1.29 is 0 Å². The molecule has 2 fully saturated rings. The van der Waals surface area contributed by atoms with E-state index in [-0.39, 0.29) is 0 Å². The third-order valence-corrected chi connectivity index (χ3v) is 8.37. The van der Waals surface area contributed by atoms with Gasteiger partial charge in [0.1, 0.15) is 0 Å². The van der Waals surface area contributed by atoms with Gasteiger partial charge in [-0.2, -0.15) is 0 Å². The van der Waals surface area contributed by atoms with Gasteiger partial charge in [0, 0.05) is 12.1 Å².